The number of ether oxygens (including phenoxy) is 1. The van der Waals surface area contributed by atoms with Crippen molar-refractivity contribution in [3.05, 3.63) is 24.0 Å². The Bertz CT molecular complexity index is 407. The van der Waals surface area contributed by atoms with E-state index in [1.807, 2.05) is 12.1 Å². The quantitative estimate of drug-likeness (QED) is 0.555. The van der Waals surface area contributed by atoms with Crippen molar-refractivity contribution in [3.8, 4) is 0 Å². The molecule has 0 atom stereocenters. The van der Waals surface area contributed by atoms with Gasteiger partial charge >= 0.3 is 0 Å². The van der Waals surface area contributed by atoms with Crippen molar-refractivity contribution in [2.75, 3.05) is 25.1 Å². The zero-order valence-electron chi connectivity index (χ0n) is 10.4. The summed E-state index contributed by atoms with van der Waals surface area (Å²) < 4.78 is 5.57. The van der Waals surface area contributed by atoms with Gasteiger partial charge in [-0.15, -0.1) is 0 Å². The third-order valence-corrected chi connectivity index (χ3v) is 3.07. The summed E-state index contributed by atoms with van der Waals surface area (Å²) in [4.78, 5) is 4.49. The molecule has 18 heavy (non-hydrogen) atoms. The van der Waals surface area contributed by atoms with Crippen molar-refractivity contribution in [1.82, 2.24) is 4.98 Å². The molecule has 1 heterocycles. The summed E-state index contributed by atoms with van der Waals surface area (Å²) in [5.41, 5.74) is 7.17. The first-order valence-corrected chi connectivity index (χ1v) is 6.74. The number of hydrogen-bond acceptors (Lipinski definition) is 4. The van der Waals surface area contributed by atoms with Crippen molar-refractivity contribution in [1.29, 1.82) is 0 Å². The molecule has 0 aliphatic heterocycles. The number of thiocarbonyl (C=S) groups is 1. The zero-order chi connectivity index (χ0) is 12.8. The highest BCUT2D eigenvalue weighted by Crippen LogP contribution is 2.28. The number of nitrogens with zero attached hydrogens (tertiary/aromatic N) is 1. The first-order valence-electron chi connectivity index (χ1n) is 6.34. The van der Waals surface area contributed by atoms with Crippen molar-refractivity contribution < 1.29 is 4.74 Å². The Morgan fingerprint density at radius 1 is 1.56 bits per heavy atom. The number of anilines is 1. The Labute approximate surface area is 113 Å². The third-order valence-electron chi connectivity index (χ3n) is 2.87. The van der Waals surface area contributed by atoms with Crippen molar-refractivity contribution in [2.24, 2.45) is 11.7 Å². The molecule has 3 N–H and O–H groups in total. The first kappa shape index (κ1) is 13.2. The second kappa shape index (κ2) is 6.66. The second-order valence-electron chi connectivity index (χ2n) is 4.56. The van der Waals surface area contributed by atoms with Gasteiger partial charge < -0.3 is 15.8 Å². The first-order chi connectivity index (χ1) is 8.77. The number of nitrogens with one attached hydrogen (secondary N) is 1. The molecule has 4 nitrogen and oxygen atoms in total. The maximum Gasteiger partial charge on any atom is 0.124 e. The number of rotatable bonds is 8. The van der Waals surface area contributed by atoms with Crippen LogP contribution in [0, 0.1) is 5.92 Å². The molecule has 0 saturated heterocycles. The Morgan fingerprint density at radius 2 is 2.39 bits per heavy atom. The minimum Gasteiger partial charge on any atom is -0.388 e. The highest BCUT2D eigenvalue weighted by atomic mass is 32.1. The molecule has 0 aromatic carbocycles. The van der Waals surface area contributed by atoms with Crippen LogP contribution < -0.4 is 11.1 Å². The van der Waals surface area contributed by atoms with Crippen LogP contribution in [-0.4, -0.2) is 29.7 Å². The molecule has 1 saturated carbocycles. The van der Waals surface area contributed by atoms with Crippen LogP contribution in [0.2, 0.25) is 0 Å². The van der Waals surface area contributed by atoms with Crippen molar-refractivity contribution >= 4 is 22.9 Å². The summed E-state index contributed by atoms with van der Waals surface area (Å²) in [6.07, 6.45) is 5.34. The van der Waals surface area contributed by atoms with Crippen LogP contribution in [0.25, 0.3) is 0 Å². The summed E-state index contributed by atoms with van der Waals surface area (Å²) >= 11 is 4.96. The van der Waals surface area contributed by atoms with Crippen LogP contribution in [0.1, 0.15) is 25.0 Å². The summed E-state index contributed by atoms with van der Waals surface area (Å²) in [7, 11) is 0. The Kier molecular flexibility index (Phi) is 4.90. The molecule has 0 radical (unpaired) electrons. The normalized spacial score (nSPS) is 14.4. The summed E-state index contributed by atoms with van der Waals surface area (Å²) in [6.45, 7) is 2.56. The summed E-state index contributed by atoms with van der Waals surface area (Å²) in [5.74, 6) is 0.831. The average molecular weight is 265 g/mol. The lowest BCUT2D eigenvalue weighted by Crippen LogP contribution is -2.16. The van der Waals surface area contributed by atoms with Crippen LogP contribution in [0.15, 0.2) is 18.3 Å². The minimum atomic E-state index is 0.322. The van der Waals surface area contributed by atoms with Crippen LogP contribution in [-0.2, 0) is 4.74 Å². The lowest BCUT2D eigenvalue weighted by molar-refractivity contribution is 0.124. The molecule has 1 fully saturated rings. The fraction of sp³-hybridized carbons (Fsp3) is 0.538. The van der Waals surface area contributed by atoms with Crippen molar-refractivity contribution in [3.63, 3.8) is 0 Å². The molecule has 2 rings (SSSR count). The highest BCUT2D eigenvalue weighted by molar-refractivity contribution is 7.80. The molecular formula is C13H19N3OS. The number of nitrogens with two attached hydrogens (primary N) is 1. The van der Waals surface area contributed by atoms with Gasteiger partial charge in [-0.2, -0.15) is 0 Å². The van der Waals surface area contributed by atoms with Gasteiger partial charge in [0.2, 0.25) is 0 Å². The van der Waals surface area contributed by atoms with E-state index in [0.717, 1.165) is 37.8 Å². The average Bonchev–Trinajstić information content (AvgIpc) is 3.18. The molecule has 0 unspecified atom stereocenters. The topological polar surface area (TPSA) is 60.2 Å². The van der Waals surface area contributed by atoms with Crippen molar-refractivity contribution in [2.45, 2.75) is 19.3 Å². The van der Waals surface area contributed by atoms with E-state index >= 15 is 0 Å². The predicted molar refractivity (Wildman–Crippen MR) is 76.8 cm³/mol. The maximum atomic E-state index is 5.61. The number of hydrogen-bond donors (Lipinski definition) is 2. The van der Waals surface area contributed by atoms with E-state index in [4.69, 9.17) is 22.7 Å². The number of pyridine rings is 1. The molecule has 1 aromatic heterocycles. The Morgan fingerprint density at radius 3 is 3.11 bits per heavy atom. The van der Waals surface area contributed by atoms with Crippen LogP contribution in [0.3, 0.4) is 0 Å². The lowest BCUT2D eigenvalue weighted by Gasteiger charge is -2.10. The molecule has 1 aromatic rings. The molecule has 98 valence electrons. The van der Waals surface area contributed by atoms with E-state index < -0.39 is 0 Å². The second-order valence-corrected chi connectivity index (χ2v) is 5.00. The molecule has 0 amide bonds. The smallest absolute Gasteiger partial charge is 0.124 e. The maximum absolute atomic E-state index is 5.61. The zero-order valence-corrected chi connectivity index (χ0v) is 11.2. The van der Waals surface area contributed by atoms with E-state index in [2.05, 4.69) is 10.3 Å². The Balaban J connectivity index is 1.67. The van der Waals surface area contributed by atoms with Gasteiger partial charge in [-0.3, -0.25) is 4.98 Å². The molecule has 1 aliphatic rings. The molecule has 5 heteroatoms. The van der Waals surface area contributed by atoms with Gasteiger partial charge in [0.25, 0.3) is 0 Å². The Hall–Kier alpha value is -1.20. The van der Waals surface area contributed by atoms with E-state index in [1.54, 1.807) is 6.20 Å². The van der Waals surface area contributed by atoms with E-state index in [-0.39, 0.29) is 0 Å². The number of aromatic nitrogens is 1. The molecular weight excluding hydrogens is 246 g/mol. The van der Waals surface area contributed by atoms with Crippen LogP contribution in [0.5, 0.6) is 0 Å². The van der Waals surface area contributed by atoms with Gasteiger partial charge in [0.15, 0.2) is 0 Å². The van der Waals surface area contributed by atoms with E-state index in [0.29, 0.717) is 10.7 Å². The van der Waals surface area contributed by atoms with Gasteiger partial charge in [-0.25, -0.2) is 0 Å². The summed E-state index contributed by atoms with van der Waals surface area (Å²) in [5, 5.41) is 3.29. The fourth-order valence-electron chi connectivity index (χ4n) is 1.68. The van der Waals surface area contributed by atoms with Crippen LogP contribution >= 0.6 is 12.2 Å². The molecule has 0 bridgehead atoms. The standard InChI is InChI=1S/C13H19N3OS/c14-13(18)12-11(3-1-6-16-12)15-7-2-8-17-9-10-4-5-10/h1,3,6,10,15H,2,4-5,7-9H2,(H2,14,18). The molecule has 1 aliphatic carbocycles. The third kappa shape index (κ3) is 4.23. The highest BCUT2D eigenvalue weighted by Gasteiger charge is 2.20. The predicted octanol–water partition coefficient (Wildman–Crippen LogP) is 1.94. The monoisotopic (exact) mass is 265 g/mol. The van der Waals surface area contributed by atoms with Gasteiger partial charge in [-0.05, 0) is 37.3 Å². The van der Waals surface area contributed by atoms with E-state index in [1.165, 1.54) is 12.8 Å². The van der Waals surface area contributed by atoms with E-state index in [9.17, 15) is 0 Å². The lowest BCUT2D eigenvalue weighted by atomic mass is 10.3. The van der Waals surface area contributed by atoms with Gasteiger partial charge in [0.05, 0.1) is 5.69 Å². The SMILES string of the molecule is NC(=S)c1ncccc1NCCCOCC1CC1. The largest absolute Gasteiger partial charge is 0.388 e. The molecule has 0 spiro atoms. The van der Waals surface area contributed by atoms with Gasteiger partial charge in [0.1, 0.15) is 10.7 Å². The minimum absolute atomic E-state index is 0.322. The van der Waals surface area contributed by atoms with Crippen LogP contribution in [0.4, 0.5) is 5.69 Å². The fourth-order valence-corrected chi connectivity index (χ4v) is 1.84. The van der Waals surface area contributed by atoms with Gasteiger partial charge in [-0.1, -0.05) is 12.2 Å². The summed E-state index contributed by atoms with van der Waals surface area (Å²) in [6, 6.07) is 3.81. The van der Waals surface area contributed by atoms with Gasteiger partial charge in [0, 0.05) is 26.0 Å².